The van der Waals surface area contributed by atoms with E-state index in [1.807, 2.05) is 56.3 Å². The number of ether oxygens (including phenoxy) is 2. The lowest BCUT2D eigenvalue weighted by Crippen LogP contribution is -2.27. The Labute approximate surface area is 210 Å². The quantitative estimate of drug-likeness (QED) is 0.286. The molecule has 0 spiro atoms. The molecule has 0 saturated carbocycles. The molecule has 1 aromatic heterocycles. The zero-order valence-corrected chi connectivity index (χ0v) is 21.1. The van der Waals surface area contributed by atoms with E-state index >= 15 is 0 Å². The van der Waals surface area contributed by atoms with Gasteiger partial charge in [-0.3, -0.25) is 4.79 Å². The maximum absolute atomic E-state index is 12.6. The van der Waals surface area contributed by atoms with E-state index in [1.54, 1.807) is 19.2 Å². The Morgan fingerprint density at radius 3 is 2.54 bits per heavy atom. The van der Waals surface area contributed by atoms with Crippen LogP contribution in [0, 0.1) is 13.8 Å². The van der Waals surface area contributed by atoms with Gasteiger partial charge in [0.15, 0.2) is 0 Å². The molecule has 0 saturated heterocycles. The van der Waals surface area contributed by atoms with Gasteiger partial charge in [-0.2, -0.15) is 0 Å². The smallest absolute Gasteiger partial charge is 0.255 e. The van der Waals surface area contributed by atoms with Gasteiger partial charge in [0, 0.05) is 24.5 Å². The van der Waals surface area contributed by atoms with Crippen LogP contribution in [-0.4, -0.2) is 35.7 Å². The molecule has 0 radical (unpaired) electrons. The summed E-state index contributed by atoms with van der Waals surface area (Å²) in [6.07, 6.45) is 1.44. The third kappa shape index (κ3) is 5.77. The molecule has 1 amide bonds. The molecule has 0 bridgehead atoms. The van der Waals surface area contributed by atoms with Gasteiger partial charge in [-0.1, -0.05) is 35.9 Å². The molecule has 35 heavy (non-hydrogen) atoms. The lowest BCUT2D eigenvalue weighted by Gasteiger charge is -2.13. The largest absolute Gasteiger partial charge is 0.496 e. The summed E-state index contributed by atoms with van der Waals surface area (Å²) in [6.45, 7) is 5.79. The zero-order chi connectivity index (χ0) is 24.8. The van der Waals surface area contributed by atoms with Crippen molar-refractivity contribution >= 4 is 28.5 Å². The monoisotopic (exact) mass is 491 g/mol. The third-order valence-electron chi connectivity index (χ3n) is 5.92. The highest BCUT2D eigenvalue weighted by molar-refractivity contribution is 6.32. The molecule has 182 valence electrons. The predicted molar refractivity (Wildman–Crippen MR) is 140 cm³/mol. The van der Waals surface area contributed by atoms with Crippen LogP contribution in [-0.2, 0) is 13.0 Å². The highest BCUT2D eigenvalue weighted by Gasteiger charge is 2.14. The van der Waals surface area contributed by atoms with Gasteiger partial charge in [0.25, 0.3) is 5.91 Å². The minimum absolute atomic E-state index is 0.160. The molecule has 7 heteroatoms. The summed E-state index contributed by atoms with van der Waals surface area (Å²) in [7, 11) is 1.56. The summed E-state index contributed by atoms with van der Waals surface area (Å²) < 4.78 is 13.5. The number of nitrogens with one attached hydrogen (secondary N) is 1. The zero-order valence-electron chi connectivity index (χ0n) is 20.3. The molecule has 1 N–H and O–H groups in total. The van der Waals surface area contributed by atoms with Crippen molar-refractivity contribution in [3.63, 3.8) is 0 Å². The van der Waals surface area contributed by atoms with E-state index < -0.39 is 0 Å². The fraction of sp³-hybridized carbons (Fsp3) is 0.286. The van der Waals surface area contributed by atoms with Gasteiger partial charge < -0.3 is 19.4 Å². The minimum Gasteiger partial charge on any atom is -0.496 e. The molecule has 0 aliphatic rings. The van der Waals surface area contributed by atoms with E-state index in [4.69, 9.17) is 26.1 Å². The van der Waals surface area contributed by atoms with Crippen molar-refractivity contribution in [1.82, 2.24) is 14.9 Å². The van der Waals surface area contributed by atoms with Crippen LogP contribution < -0.4 is 14.8 Å². The molecule has 1 heterocycles. The first-order chi connectivity index (χ1) is 17.0. The van der Waals surface area contributed by atoms with E-state index in [0.717, 1.165) is 51.7 Å². The van der Waals surface area contributed by atoms with E-state index in [1.165, 1.54) is 0 Å². The number of hydrogen-bond acceptors (Lipinski definition) is 4. The highest BCUT2D eigenvalue weighted by atomic mass is 35.5. The third-order valence-corrected chi connectivity index (χ3v) is 6.52. The summed E-state index contributed by atoms with van der Waals surface area (Å²) in [5.74, 6) is 2.17. The molecule has 0 aliphatic carbocycles. The average Bonchev–Trinajstić information content (AvgIpc) is 3.22. The fourth-order valence-corrected chi connectivity index (χ4v) is 4.29. The number of aromatic nitrogens is 2. The van der Waals surface area contributed by atoms with Gasteiger partial charge in [0.2, 0.25) is 0 Å². The Balaban J connectivity index is 1.39. The molecule has 0 unspecified atom stereocenters. The summed E-state index contributed by atoms with van der Waals surface area (Å²) in [5, 5.41) is 3.77. The van der Waals surface area contributed by atoms with E-state index in [9.17, 15) is 4.79 Å². The number of hydrogen-bond donors (Lipinski definition) is 1. The van der Waals surface area contributed by atoms with Crippen molar-refractivity contribution in [2.45, 2.75) is 33.2 Å². The second-order valence-corrected chi connectivity index (χ2v) is 8.83. The second-order valence-electron chi connectivity index (χ2n) is 8.45. The number of benzene rings is 3. The normalized spacial score (nSPS) is 11.0. The summed E-state index contributed by atoms with van der Waals surface area (Å²) in [4.78, 5) is 17.5. The Bertz CT molecular complexity index is 1310. The number of carbonyl (C=O) groups excluding carboxylic acids is 1. The van der Waals surface area contributed by atoms with Gasteiger partial charge in [-0.05, 0) is 67.8 Å². The molecule has 3 aromatic carbocycles. The second kappa shape index (κ2) is 11.3. The van der Waals surface area contributed by atoms with Crippen LogP contribution in [0.15, 0.2) is 60.7 Å². The van der Waals surface area contributed by atoms with Crippen molar-refractivity contribution in [3.05, 3.63) is 88.2 Å². The molecule has 4 rings (SSSR count). The van der Waals surface area contributed by atoms with E-state index in [2.05, 4.69) is 16.0 Å². The number of amides is 1. The van der Waals surface area contributed by atoms with Crippen LogP contribution in [0.1, 0.15) is 33.7 Å². The summed E-state index contributed by atoms with van der Waals surface area (Å²) in [5.41, 5.74) is 4.58. The Hall–Kier alpha value is -3.51. The maximum Gasteiger partial charge on any atom is 0.255 e. The maximum atomic E-state index is 12.6. The van der Waals surface area contributed by atoms with Crippen molar-refractivity contribution < 1.29 is 14.3 Å². The number of nitrogens with zero attached hydrogens (tertiary/aromatic N) is 2. The van der Waals surface area contributed by atoms with E-state index in [-0.39, 0.29) is 5.91 Å². The predicted octanol–water partition coefficient (Wildman–Crippen LogP) is 5.76. The number of rotatable bonds is 10. The first-order valence-corrected chi connectivity index (χ1v) is 12.1. The lowest BCUT2D eigenvalue weighted by molar-refractivity contribution is 0.0951. The van der Waals surface area contributed by atoms with Crippen LogP contribution in [0.2, 0.25) is 5.02 Å². The SMILES string of the molecule is COc1ccccc1C(=O)NCCc1nc2ccccc2n1CCCOc1cc(C)c(Cl)c(C)c1. The van der Waals surface area contributed by atoms with Crippen LogP contribution in [0.4, 0.5) is 0 Å². The Morgan fingerprint density at radius 2 is 1.77 bits per heavy atom. The first kappa shape index (κ1) is 24.6. The lowest BCUT2D eigenvalue weighted by atomic mass is 10.1. The number of imidazole rings is 1. The number of methoxy groups -OCH3 is 1. The van der Waals surface area contributed by atoms with Crippen molar-refractivity contribution in [3.8, 4) is 11.5 Å². The van der Waals surface area contributed by atoms with Crippen molar-refractivity contribution in [2.75, 3.05) is 20.3 Å². The van der Waals surface area contributed by atoms with Crippen molar-refractivity contribution in [1.29, 1.82) is 0 Å². The Morgan fingerprint density at radius 1 is 1.06 bits per heavy atom. The molecule has 4 aromatic rings. The van der Waals surface area contributed by atoms with Crippen LogP contribution in [0.25, 0.3) is 11.0 Å². The first-order valence-electron chi connectivity index (χ1n) is 11.7. The van der Waals surface area contributed by atoms with Gasteiger partial charge in [0.1, 0.15) is 17.3 Å². The highest BCUT2D eigenvalue weighted by Crippen LogP contribution is 2.26. The number of fused-ring (bicyclic) bond motifs is 1. The molecule has 0 atom stereocenters. The number of halogens is 1. The van der Waals surface area contributed by atoms with Crippen LogP contribution >= 0.6 is 11.6 Å². The molecular formula is C28H30ClN3O3. The fourth-order valence-electron chi connectivity index (χ4n) is 4.18. The number of para-hydroxylation sites is 3. The van der Waals surface area contributed by atoms with Gasteiger partial charge in [-0.25, -0.2) is 4.98 Å². The average molecular weight is 492 g/mol. The Kier molecular flexibility index (Phi) is 7.93. The van der Waals surface area contributed by atoms with Crippen LogP contribution in [0.3, 0.4) is 0 Å². The summed E-state index contributed by atoms with van der Waals surface area (Å²) >= 11 is 6.26. The molecule has 0 fully saturated rings. The molecule has 6 nitrogen and oxygen atoms in total. The minimum atomic E-state index is -0.160. The topological polar surface area (TPSA) is 65.4 Å². The molecular weight excluding hydrogens is 462 g/mol. The van der Waals surface area contributed by atoms with Gasteiger partial charge in [0.05, 0.1) is 30.3 Å². The van der Waals surface area contributed by atoms with E-state index in [0.29, 0.717) is 30.9 Å². The standard InChI is InChI=1S/C28H30ClN3O3/c1-19-17-21(18-20(2)27(19)29)35-16-8-15-32-24-11-6-5-10-23(24)31-26(32)13-14-30-28(33)22-9-4-7-12-25(22)34-3/h4-7,9-12,17-18H,8,13-16H2,1-3H3,(H,30,33). The number of aryl methyl sites for hydroxylation is 3. The van der Waals surface area contributed by atoms with Crippen LogP contribution in [0.5, 0.6) is 11.5 Å². The number of carbonyl (C=O) groups is 1. The summed E-state index contributed by atoms with van der Waals surface area (Å²) in [6, 6.07) is 19.2. The van der Waals surface area contributed by atoms with Gasteiger partial charge >= 0.3 is 0 Å². The van der Waals surface area contributed by atoms with Gasteiger partial charge in [-0.15, -0.1) is 0 Å². The molecule has 0 aliphatic heterocycles. The van der Waals surface area contributed by atoms with Crippen molar-refractivity contribution in [2.24, 2.45) is 0 Å².